The monoisotopic (exact) mass is 321 g/mol. The van der Waals surface area contributed by atoms with Crippen molar-refractivity contribution in [1.82, 2.24) is 9.97 Å². The van der Waals surface area contributed by atoms with Crippen LogP contribution in [0.25, 0.3) is 22.3 Å². The molecule has 3 rings (SSSR count). The van der Waals surface area contributed by atoms with Crippen molar-refractivity contribution in [3.63, 3.8) is 0 Å². The molecule has 0 unspecified atom stereocenters. The second-order valence-electron chi connectivity index (χ2n) is 4.78. The highest BCUT2D eigenvalue weighted by Gasteiger charge is 2.11. The van der Waals surface area contributed by atoms with Crippen LogP contribution < -0.4 is 4.74 Å². The Balaban J connectivity index is 2.14. The van der Waals surface area contributed by atoms with Crippen molar-refractivity contribution in [3.05, 3.63) is 48.5 Å². The molecule has 0 radical (unpaired) electrons. The first-order valence-corrected chi connectivity index (χ1v) is 8.30. The van der Waals surface area contributed by atoms with E-state index in [9.17, 15) is 0 Å². The van der Waals surface area contributed by atoms with Crippen molar-refractivity contribution in [2.45, 2.75) is 11.9 Å². The average molecular weight is 321 g/mol. The highest BCUT2D eigenvalue weighted by Crippen LogP contribution is 2.30. The number of hydrogen-bond donors (Lipinski definition) is 0. The van der Waals surface area contributed by atoms with Gasteiger partial charge in [0.2, 0.25) is 0 Å². The molecule has 0 spiro atoms. The quantitative estimate of drug-likeness (QED) is 0.517. The topological polar surface area (TPSA) is 58.8 Å². The summed E-state index contributed by atoms with van der Waals surface area (Å²) in [4.78, 5) is 9.31. The van der Waals surface area contributed by atoms with Crippen molar-refractivity contribution < 1.29 is 4.74 Å². The van der Waals surface area contributed by atoms with Crippen molar-refractivity contribution in [3.8, 4) is 23.2 Å². The van der Waals surface area contributed by atoms with Gasteiger partial charge in [0, 0.05) is 10.9 Å². The Morgan fingerprint density at radius 3 is 2.70 bits per heavy atom. The Kier molecular flexibility index (Phi) is 4.74. The zero-order chi connectivity index (χ0) is 16.1. The number of ether oxygens (including phenoxy) is 1. The highest BCUT2D eigenvalue weighted by molar-refractivity contribution is 7.99. The van der Waals surface area contributed by atoms with E-state index in [1.165, 1.54) is 11.8 Å². The predicted molar refractivity (Wildman–Crippen MR) is 92.5 cm³/mol. The molecule has 2 aromatic carbocycles. The molecule has 5 heteroatoms. The fraction of sp³-hybridized carbons (Fsp3) is 0.167. The van der Waals surface area contributed by atoms with Crippen LogP contribution in [-0.2, 0) is 0 Å². The summed E-state index contributed by atoms with van der Waals surface area (Å²) in [5.74, 6) is 1.80. The molecule has 0 aliphatic heterocycles. The lowest BCUT2D eigenvalue weighted by Gasteiger charge is -2.09. The number of nitriles is 1. The fourth-order valence-corrected chi connectivity index (χ4v) is 2.93. The van der Waals surface area contributed by atoms with Crippen molar-refractivity contribution in [1.29, 1.82) is 5.26 Å². The van der Waals surface area contributed by atoms with Crippen molar-refractivity contribution in [2.24, 2.45) is 0 Å². The van der Waals surface area contributed by atoms with E-state index < -0.39 is 0 Å². The summed E-state index contributed by atoms with van der Waals surface area (Å²) in [5, 5.41) is 10.6. The van der Waals surface area contributed by atoms with E-state index in [0.717, 1.165) is 27.2 Å². The van der Waals surface area contributed by atoms with Gasteiger partial charge in [0.05, 0.1) is 23.9 Å². The molecule has 1 heterocycles. The van der Waals surface area contributed by atoms with Crippen LogP contribution in [0.2, 0.25) is 0 Å². The van der Waals surface area contributed by atoms with Crippen LogP contribution in [0, 0.1) is 11.3 Å². The molecule has 0 N–H and O–H groups in total. The molecule has 1 aromatic heterocycles. The summed E-state index contributed by atoms with van der Waals surface area (Å²) in [6, 6.07) is 17.8. The first kappa shape index (κ1) is 15.3. The van der Waals surface area contributed by atoms with Gasteiger partial charge in [0.25, 0.3) is 0 Å². The molecule has 23 heavy (non-hydrogen) atoms. The Bertz CT molecular complexity index is 859. The van der Waals surface area contributed by atoms with Gasteiger partial charge in [-0.15, -0.1) is 0 Å². The minimum absolute atomic E-state index is 0.346. The van der Waals surface area contributed by atoms with Gasteiger partial charge in [-0.1, -0.05) is 42.1 Å². The summed E-state index contributed by atoms with van der Waals surface area (Å²) < 4.78 is 5.56. The molecule has 0 fully saturated rings. The Hall–Kier alpha value is -2.58. The molecule has 0 bridgehead atoms. The van der Waals surface area contributed by atoms with E-state index in [1.54, 1.807) is 0 Å². The van der Waals surface area contributed by atoms with Crippen molar-refractivity contribution in [2.75, 3.05) is 12.4 Å². The Morgan fingerprint density at radius 1 is 1.13 bits per heavy atom. The molecule has 0 amide bonds. The van der Waals surface area contributed by atoms with Crippen LogP contribution >= 0.6 is 11.8 Å². The molecule has 114 valence electrons. The zero-order valence-corrected chi connectivity index (χ0v) is 13.5. The third-order valence-electron chi connectivity index (χ3n) is 3.25. The van der Waals surface area contributed by atoms with Gasteiger partial charge in [-0.3, -0.25) is 0 Å². The van der Waals surface area contributed by atoms with E-state index in [0.29, 0.717) is 18.2 Å². The maximum atomic E-state index is 8.89. The number of rotatable bonds is 5. The summed E-state index contributed by atoms with van der Waals surface area (Å²) in [6.07, 6.45) is 0. The number of nitrogens with zero attached hydrogens (tertiary/aromatic N) is 3. The number of hydrogen-bond acceptors (Lipinski definition) is 5. The SMILES string of the molecule is CCOc1ccc2nc(-c3ccccc3)nc(SCC#N)c2c1. The second kappa shape index (κ2) is 7.12. The van der Waals surface area contributed by atoms with E-state index in [1.807, 2.05) is 55.5 Å². The normalized spacial score (nSPS) is 10.4. The third-order valence-corrected chi connectivity index (χ3v) is 4.11. The third kappa shape index (κ3) is 3.43. The van der Waals surface area contributed by atoms with Crippen LogP contribution in [0.3, 0.4) is 0 Å². The lowest BCUT2D eigenvalue weighted by Crippen LogP contribution is -1.96. The highest BCUT2D eigenvalue weighted by atomic mass is 32.2. The molecule has 3 aromatic rings. The second-order valence-corrected chi connectivity index (χ2v) is 5.74. The fourth-order valence-electron chi connectivity index (χ4n) is 2.26. The number of thioether (sulfide) groups is 1. The molecule has 0 saturated carbocycles. The molecular formula is C18H15N3OS. The average Bonchev–Trinajstić information content (AvgIpc) is 2.60. The first-order valence-electron chi connectivity index (χ1n) is 7.31. The molecule has 0 aliphatic carbocycles. The molecule has 0 aliphatic rings. The number of aromatic nitrogens is 2. The molecule has 0 atom stereocenters. The maximum Gasteiger partial charge on any atom is 0.161 e. The van der Waals surface area contributed by atoms with Crippen LogP contribution in [0.5, 0.6) is 5.75 Å². The van der Waals surface area contributed by atoms with Gasteiger partial charge in [-0.05, 0) is 25.1 Å². The van der Waals surface area contributed by atoms with Crippen LogP contribution in [0.1, 0.15) is 6.92 Å². The Labute approximate surface area is 139 Å². The van der Waals surface area contributed by atoms with Gasteiger partial charge >= 0.3 is 0 Å². The van der Waals surface area contributed by atoms with Gasteiger partial charge in [-0.2, -0.15) is 5.26 Å². The predicted octanol–water partition coefficient (Wildman–Crippen LogP) is 4.31. The zero-order valence-electron chi connectivity index (χ0n) is 12.7. The standard InChI is InChI=1S/C18H15N3OS/c1-2-22-14-8-9-16-15(12-14)18(23-11-10-19)21-17(20-16)13-6-4-3-5-7-13/h3-9,12H,2,11H2,1H3. The van der Waals surface area contributed by atoms with E-state index in [-0.39, 0.29) is 0 Å². The van der Waals surface area contributed by atoms with Gasteiger partial charge in [0.1, 0.15) is 10.8 Å². The summed E-state index contributed by atoms with van der Waals surface area (Å²) in [6.45, 7) is 2.56. The Morgan fingerprint density at radius 2 is 1.96 bits per heavy atom. The van der Waals surface area contributed by atoms with Gasteiger partial charge < -0.3 is 4.74 Å². The largest absolute Gasteiger partial charge is 0.494 e. The van der Waals surface area contributed by atoms with Crippen LogP contribution in [0.4, 0.5) is 0 Å². The molecular weight excluding hydrogens is 306 g/mol. The van der Waals surface area contributed by atoms with Crippen LogP contribution in [0.15, 0.2) is 53.6 Å². The molecule has 0 saturated heterocycles. The summed E-state index contributed by atoms with van der Waals surface area (Å²) in [7, 11) is 0. The minimum atomic E-state index is 0.346. The number of benzene rings is 2. The first-order chi connectivity index (χ1) is 11.3. The van der Waals surface area contributed by atoms with Crippen LogP contribution in [-0.4, -0.2) is 22.3 Å². The smallest absolute Gasteiger partial charge is 0.161 e. The van der Waals surface area contributed by atoms with E-state index in [4.69, 9.17) is 10.00 Å². The van der Waals surface area contributed by atoms with E-state index in [2.05, 4.69) is 16.0 Å². The lowest BCUT2D eigenvalue weighted by atomic mass is 10.2. The number of fused-ring (bicyclic) bond motifs is 1. The minimum Gasteiger partial charge on any atom is -0.494 e. The van der Waals surface area contributed by atoms with E-state index >= 15 is 0 Å². The van der Waals surface area contributed by atoms with Gasteiger partial charge in [0.15, 0.2) is 5.82 Å². The molecule has 4 nitrogen and oxygen atoms in total. The van der Waals surface area contributed by atoms with Gasteiger partial charge in [-0.25, -0.2) is 9.97 Å². The summed E-state index contributed by atoms with van der Waals surface area (Å²) in [5.41, 5.74) is 1.81. The lowest BCUT2D eigenvalue weighted by molar-refractivity contribution is 0.340. The summed E-state index contributed by atoms with van der Waals surface area (Å²) >= 11 is 1.42. The maximum absolute atomic E-state index is 8.89. The van der Waals surface area contributed by atoms with Crippen molar-refractivity contribution >= 4 is 22.7 Å².